The van der Waals surface area contributed by atoms with Crippen LogP contribution in [0.25, 0.3) is 22.5 Å². The maximum Gasteiger partial charge on any atom is 0.341 e. The molecule has 0 fully saturated rings. The fourth-order valence-electron chi connectivity index (χ4n) is 5.13. The molecule has 1 heterocycles. The van der Waals surface area contributed by atoms with Crippen LogP contribution in [0.4, 0.5) is 0 Å². The second-order valence-corrected chi connectivity index (χ2v) is 12.1. The number of aryl methyl sites for hydroxylation is 1. The number of hydrogen-bond acceptors (Lipinski definition) is 5. The summed E-state index contributed by atoms with van der Waals surface area (Å²) < 4.78 is 11.2. The number of rotatable bonds is 21. The Morgan fingerprint density at radius 1 is 0.721 bits per heavy atom. The fraction of sp³-hybridized carbons (Fsp3) is 0.553. The molecular weight excluding hydrogens is 532 g/mol. The molecule has 0 amide bonds. The topological polar surface area (TPSA) is 61.3 Å². The normalized spacial score (nSPS) is 12.7. The summed E-state index contributed by atoms with van der Waals surface area (Å²) in [6, 6.07) is 17.2. The molecule has 5 heteroatoms. The Kier molecular flexibility index (Phi) is 16.0. The lowest BCUT2D eigenvalue weighted by molar-refractivity contribution is -0.00149. The van der Waals surface area contributed by atoms with Gasteiger partial charge >= 0.3 is 5.97 Å². The molecule has 3 aromatic rings. The summed E-state index contributed by atoms with van der Waals surface area (Å²) in [7, 11) is 0. The van der Waals surface area contributed by atoms with Crippen LogP contribution >= 0.6 is 0 Å². The Morgan fingerprint density at radius 3 is 1.95 bits per heavy atom. The maximum atomic E-state index is 12.5. The molecule has 0 radical (unpaired) electrons. The molecule has 2 aromatic carbocycles. The van der Waals surface area contributed by atoms with Crippen LogP contribution < -0.4 is 0 Å². The van der Waals surface area contributed by atoms with Gasteiger partial charge in [0.15, 0.2) is 5.82 Å². The van der Waals surface area contributed by atoms with Crippen molar-refractivity contribution in [1.82, 2.24) is 9.97 Å². The Balaban J connectivity index is 1.38. The monoisotopic (exact) mass is 586 g/mol. The van der Waals surface area contributed by atoms with Crippen LogP contribution in [0.5, 0.6) is 0 Å². The van der Waals surface area contributed by atoms with Gasteiger partial charge in [-0.3, -0.25) is 0 Å². The minimum Gasteiger partial charge on any atom is -0.459 e. The third kappa shape index (κ3) is 13.0. The van der Waals surface area contributed by atoms with Crippen LogP contribution in [0.1, 0.15) is 121 Å². The zero-order valence-corrected chi connectivity index (χ0v) is 27.2. The Hall–Kier alpha value is -3.05. The van der Waals surface area contributed by atoms with E-state index in [2.05, 4.69) is 67.1 Å². The van der Waals surface area contributed by atoms with E-state index in [0.717, 1.165) is 29.9 Å². The minimum absolute atomic E-state index is 0.140. The van der Waals surface area contributed by atoms with Crippen molar-refractivity contribution >= 4 is 5.97 Å². The molecule has 43 heavy (non-hydrogen) atoms. The van der Waals surface area contributed by atoms with E-state index in [1.54, 1.807) is 0 Å². The van der Waals surface area contributed by atoms with Gasteiger partial charge in [0.05, 0.1) is 11.7 Å². The number of hydrogen-bond donors (Lipinski definition) is 0. The number of carbonyl (C=O) groups excluding carboxylic acids is 1. The third-order valence-corrected chi connectivity index (χ3v) is 8.28. The Morgan fingerprint density at radius 2 is 1.30 bits per heavy atom. The Bertz CT molecular complexity index is 1160. The highest BCUT2D eigenvalue weighted by atomic mass is 16.6. The highest BCUT2D eigenvalue weighted by Crippen LogP contribution is 2.24. The number of esters is 1. The average molecular weight is 587 g/mol. The van der Waals surface area contributed by atoms with Crippen molar-refractivity contribution in [2.75, 3.05) is 13.2 Å². The van der Waals surface area contributed by atoms with Crippen molar-refractivity contribution in [3.05, 3.63) is 72.1 Å². The van der Waals surface area contributed by atoms with Crippen LogP contribution in [0.2, 0.25) is 0 Å². The van der Waals surface area contributed by atoms with Gasteiger partial charge in [-0.25, -0.2) is 14.8 Å². The van der Waals surface area contributed by atoms with Gasteiger partial charge in [-0.1, -0.05) is 134 Å². The summed E-state index contributed by atoms with van der Waals surface area (Å²) in [6.45, 7) is 9.66. The highest BCUT2D eigenvalue weighted by Gasteiger charge is 2.12. The molecular formula is C38H54N2O3. The molecule has 2 atom stereocenters. The molecule has 234 valence electrons. The Labute approximate surface area is 260 Å². The smallest absolute Gasteiger partial charge is 0.341 e. The van der Waals surface area contributed by atoms with Crippen LogP contribution in [-0.2, 0) is 15.9 Å². The zero-order chi connectivity index (χ0) is 30.7. The largest absolute Gasteiger partial charge is 0.459 e. The standard InChI is InChI=1S/C38H54N2O3/c1-5-7-8-9-10-11-14-17-32-18-20-33(21-19-32)34-22-24-35(25-23-34)37-39-27-36(28-40-37)38(41)43-29-31(4)42-26-15-12-13-16-30(3)6-2/h18-25,27-28,30-31H,5-17,26,29H2,1-4H3/t30-,31-/m0/s1. The molecule has 0 aliphatic heterocycles. The highest BCUT2D eigenvalue weighted by molar-refractivity contribution is 5.88. The summed E-state index contributed by atoms with van der Waals surface area (Å²) in [5.41, 5.74) is 5.02. The van der Waals surface area contributed by atoms with Gasteiger partial charge in [-0.05, 0) is 48.8 Å². The van der Waals surface area contributed by atoms with E-state index >= 15 is 0 Å². The summed E-state index contributed by atoms with van der Waals surface area (Å²) in [6.07, 6.45) is 19.4. The maximum absolute atomic E-state index is 12.5. The van der Waals surface area contributed by atoms with Gasteiger partial charge in [0, 0.05) is 24.6 Å². The fourth-order valence-corrected chi connectivity index (χ4v) is 5.13. The molecule has 5 nitrogen and oxygen atoms in total. The number of aromatic nitrogens is 2. The summed E-state index contributed by atoms with van der Waals surface area (Å²) in [5, 5.41) is 0. The van der Waals surface area contributed by atoms with E-state index in [9.17, 15) is 4.79 Å². The van der Waals surface area contributed by atoms with Gasteiger partial charge in [-0.15, -0.1) is 0 Å². The first-order chi connectivity index (χ1) is 21.0. The van der Waals surface area contributed by atoms with Crippen molar-refractivity contribution in [2.45, 2.75) is 117 Å². The molecule has 0 saturated heterocycles. The predicted molar refractivity (Wildman–Crippen MR) is 178 cm³/mol. The lowest BCUT2D eigenvalue weighted by Crippen LogP contribution is -2.20. The van der Waals surface area contributed by atoms with E-state index < -0.39 is 5.97 Å². The van der Waals surface area contributed by atoms with Gasteiger partial charge in [0.25, 0.3) is 0 Å². The number of ether oxygens (including phenoxy) is 2. The molecule has 3 rings (SSSR count). The lowest BCUT2D eigenvalue weighted by Gasteiger charge is -2.14. The van der Waals surface area contributed by atoms with Gasteiger partial charge < -0.3 is 9.47 Å². The molecule has 0 aliphatic carbocycles. The summed E-state index contributed by atoms with van der Waals surface area (Å²) in [4.78, 5) is 21.3. The predicted octanol–water partition coefficient (Wildman–Crippen LogP) is 10.3. The van der Waals surface area contributed by atoms with Crippen molar-refractivity contribution < 1.29 is 14.3 Å². The van der Waals surface area contributed by atoms with Crippen molar-refractivity contribution in [3.8, 4) is 22.5 Å². The van der Waals surface area contributed by atoms with Crippen LogP contribution in [0, 0.1) is 5.92 Å². The van der Waals surface area contributed by atoms with Gasteiger partial charge in [-0.2, -0.15) is 0 Å². The first-order valence-electron chi connectivity index (χ1n) is 16.8. The molecule has 0 unspecified atom stereocenters. The van der Waals surface area contributed by atoms with E-state index in [4.69, 9.17) is 9.47 Å². The van der Waals surface area contributed by atoms with Crippen molar-refractivity contribution in [1.29, 1.82) is 0 Å². The van der Waals surface area contributed by atoms with Crippen LogP contribution in [-0.4, -0.2) is 35.3 Å². The molecule has 0 spiro atoms. The number of benzene rings is 2. The first-order valence-corrected chi connectivity index (χ1v) is 16.8. The minimum atomic E-state index is -0.429. The van der Waals surface area contributed by atoms with E-state index in [0.29, 0.717) is 18.0 Å². The molecule has 0 aliphatic rings. The summed E-state index contributed by atoms with van der Waals surface area (Å²) in [5.74, 6) is 0.954. The zero-order valence-electron chi connectivity index (χ0n) is 27.2. The van der Waals surface area contributed by atoms with Crippen molar-refractivity contribution in [3.63, 3.8) is 0 Å². The SMILES string of the molecule is CCCCCCCCCc1ccc(-c2ccc(-c3ncc(C(=O)OC[C@H](C)OCCCCC[C@@H](C)CC)cn3)cc2)cc1. The summed E-state index contributed by atoms with van der Waals surface area (Å²) >= 11 is 0. The van der Waals surface area contributed by atoms with E-state index in [1.807, 2.05) is 19.1 Å². The third-order valence-electron chi connectivity index (χ3n) is 8.28. The lowest BCUT2D eigenvalue weighted by atomic mass is 10.00. The van der Waals surface area contributed by atoms with Crippen LogP contribution in [0.15, 0.2) is 60.9 Å². The number of nitrogens with zero attached hydrogens (tertiary/aromatic N) is 2. The van der Waals surface area contributed by atoms with Gasteiger partial charge in [0.2, 0.25) is 0 Å². The van der Waals surface area contributed by atoms with Crippen LogP contribution in [0.3, 0.4) is 0 Å². The molecule has 0 N–H and O–H groups in total. The number of carbonyl (C=O) groups is 1. The number of unbranched alkanes of at least 4 members (excludes halogenated alkanes) is 8. The van der Waals surface area contributed by atoms with Gasteiger partial charge in [0.1, 0.15) is 6.61 Å². The average Bonchev–Trinajstić information content (AvgIpc) is 3.05. The first kappa shape index (κ1) is 34.4. The van der Waals surface area contributed by atoms with E-state index in [1.165, 1.54) is 94.1 Å². The second-order valence-electron chi connectivity index (χ2n) is 12.1. The van der Waals surface area contributed by atoms with E-state index in [-0.39, 0.29) is 12.7 Å². The van der Waals surface area contributed by atoms with Crippen molar-refractivity contribution in [2.24, 2.45) is 5.92 Å². The molecule has 1 aromatic heterocycles. The molecule has 0 bridgehead atoms. The molecule has 0 saturated carbocycles. The second kappa shape index (κ2) is 20.0. The quantitative estimate of drug-likeness (QED) is 0.0918.